The first-order valence-electron chi connectivity index (χ1n) is 6.30. The summed E-state index contributed by atoms with van der Waals surface area (Å²) in [5.74, 6) is 1.70. The van der Waals surface area contributed by atoms with Gasteiger partial charge in [-0.1, -0.05) is 11.6 Å². The first kappa shape index (κ1) is 13.3. The Labute approximate surface area is 134 Å². The number of thioether (sulfide) groups is 1. The van der Waals surface area contributed by atoms with Crippen molar-refractivity contribution < 1.29 is 14.3 Å². The Morgan fingerprint density at radius 3 is 3.14 bits per heavy atom. The summed E-state index contributed by atoms with van der Waals surface area (Å²) in [4.78, 5) is 12.9. The number of fused-ring (bicyclic) bond motifs is 2. The summed E-state index contributed by atoms with van der Waals surface area (Å²) in [6.45, 7) is 0.195. The van der Waals surface area contributed by atoms with Crippen LogP contribution < -0.4 is 14.8 Å². The van der Waals surface area contributed by atoms with Gasteiger partial charge in [-0.15, -0.1) is 23.1 Å². The lowest BCUT2D eigenvalue weighted by Crippen LogP contribution is -2.11. The van der Waals surface area contributed by atoms with E-state index in [2.05, 4.69) is 5.32 Å². The minimum atomic E-state index is 0.0222. The molecule has 2 aliphatic heterocycles. The predicted molar refractivity (Wildman–Crippen MR) is 84.8 cm³/mol. The van der Waals surface area contributed by atoms with Crippen molar-refractivity contribution in [1.29, 1.82) is 0 Å². The van der Waals surface area contributed by atoms with Crippen molar-refractivity contribution in [3.63, 3.8) is 0 Å². The number of carbonyl (C=O) groups is 1. The van der Waals surface area contributed by atoms with Gasteiger partial charge in [0, 0.05) is 4.88 Å². The van der Waals surface area contributed by atoms with Gasteiger partial charge in [0.15, 0.2) is 11.5 Å². The van der Waals surface area contributed by atoms with E-state index in [0.717, 1.165) is 16.1 Å². The van der Waals surface area contributed by atoms with Crippen LogP contribution in [0.3, 0.4) is 0 Å². The lowest BCUT2D eigenvalue weighted by molar-refractivity contribution is -0.113. The number of rotatable bonds is 1. The van der Waals surface area contributed by atoms with Crippen LogP contribution in [-0.4, -0.2) is 18.5 Å². The standard InChI is InChI=1S/C14H10ClNO3S2/c15-8-3-7(4-10-12(8)19-6-18-10)13-14-9(1-2-20-14)16-11(17)5-21-13/h1-4,13H,5-6H2,(H,16,17). The zero-order valence-corrected chi connectivity index (χ0v) is 13.1. The summed E-state index contributed by atoms with van der Waals surface area (Å²) in [7, 11) is 0. The monoisotopic (exact) mass is 339 g/mol. The fraction of sp³-hybridized carbons (Fsp3) is 0.214. The molecule has 1 N–H and O–H groups in total. The molecule has 0 bridgehead atoms. The van der Waals surface area contributed by atoms with Gasteiger partial charge in [-0.05, 0) is 29.1 Å². The molecule has 1 aromatic heterocycles. The Balaban J connectivity index is 1.80. The number of hydrogen-bond acceptors (Lipinski definition) is 5. The lowest BCUT2D eigenvalue weighted by Gasteiger charge is -2.15. The minimum Gasteiger partial charge on any atom is -0.454 e. The quantitative estimate of drug-likeness (QED) is 0.855. The molecule has 0 radical (unpaired) electrons. The van der Waals surface area contributed by atoms with Crippen LogP contribution in [0.15, 0.2) is 23.6 Å². The number of halogens is 1. The number of nitrogens with one attached hydrogen (secondary N) is 1. The van der Waals surface area contributed by atoms with Gasteiger partial charge in [-0.25, -0.2) is 0 Å². The number of amides is 1. The van der Waals surface area contributed by atoms with Gasteiger partial charge in [0.1, 0.15) is 0 Å². The molecular weight excluding hydrogens is 330 g/mol. The summed E-state index contributed by atoms with van der Waals surface area (Å²) < 4.78 is 10.8. The summed E-state index contributed by atoms with van der Waals surface area (Å²) in [6, 6.07) is 5.78. The second-order valence-electron chi connectivity index (χ2n) is 4.67. The molecule has 4 nitrogen and oxygen atoms in total. The largest absolute Gasteiger partial charge is 0.454 e. The Morgan fingerprint density at radius 2 is 2.24 bits per heavy atom. The molecule has 1 amide bonds. The van der Waals surface area contributed by atoms with Gasteiger partial charge in [-0.2, -0.15) is 0 Å². The molecule has 3 heterocycles. The van der Waals surface area contributed by atoms with Crippen molar-refractivity contribution in [2.75, 3.05) is 17.9 Å². The molecule has 1 atom stereocenters. The Morgan fingerprint density at radius 1 is 1.33 bits per heavy atom. The van der Waals surface area contributed by atoms with Crippen molar-refractivity contribution in [3.05, 3.63) is 39.0 Å². The molecule has 4 rings (SSSR count). The average Bonchev–Trinajstić information content (AvgIpc) is 3.06. The number of hydrogen-bond donors (Lipinski definition) is 1. The molecular formula is C14H10ClNO3S2. The van der Waals surface area contributed by atoms with Crippen molar-refractivity contribution in [1.82, 2.24) is 0 Å². The maximum atomic E-state index is 11.8. The van der Waals surface area contributed by atoms with Crippen LogP contribution in [0.4, 0.5) is 5.69 Å². The molecule has 0 saturated heterocycles. The van der Waals surface area contributed by atoms with Gasteiger partial charge < -0.3 is 14.8 Å². The van der Waals surface area contributed by atoms with Crippen molar-refractivity contribution in [2.24, 2.45) is 0 Å². The van der Waals surface area contributed by atoms with E-state index in [9.17, 15) is 4.79 Å². The SMILES string of the molecule is O=C1CSC(c2cc(Cl)c3c(c2)OCO3)c2sccc2N1. The molecule has 2 aromatic rings. The zero-order chi connectivity index (χ0) is 14.4. The van der Waals surface area contributed by atoms with E-state index in [1.165, 1.54) is 0 Å². The molecule has 2 aliphatic rings. The second-order valence-corrected chi connectivity index (χ2v) is 7.12. The first-order chi connectivity index (χ1) is 10.2. The molecule has 1 unspecified atom stereocenters. The number of carbonyl (C=O) groups excluding carboxylic acids is 1. The van der Waals surface area contributed by atoms with Crippen LogP contribution in [0.25, 0.3) is 0 Å². The molecule has 0 aliphatic carbocycles. The number of benzene rings is 1. The van der Waals surface area contributed by atoms with Gasteiger partial charge in [0.2, 0.25) is 12.7 Å². The third kappa shape index (κ3) is 2.27. The molecule has 7 heteroatoms. The summed E-state index contributed by atoms with van der Waals surface area (Å²) in [5.41, 5.74) is 1.91. The van der Waals surface area contributed by atoms with Crippen LogP contribution in [-0.2, 0) is 4.79 Å². The fourth-order valence-electron chi connectivity index (χ4n) is 2.43. The van der Waals surface area contributed by atoms with Crippen LogP contribution in [0.2, 0.25) is 5.02 Å². The van der Waals surface area contributed by atoms with E-state index >= 15 is 0 Å². The number of ether oxygens (including phenoxy) is 2. The van der Waals surface area contributed by atoms with E-state index in [4.69, 9.17) is 21.1 Å². The fourth-order valence-corrected chi connectivity index (χ4v) is 4.93. The van der Waals surface area contributed by atoms with Crippen molar-refractivity contribution >= 4 is 46.3 Å². The van der Waals surface area contributed by atoms with Gasteiger partial charge >= 0.3 is 0 Å². The molecule has 0 spiro atoms. The molecule has 0 saturated carbocycles. The smallest absolute Gasteiger partial charge is 0.234 e. The average molecular weight is 340 g/mol. The highest BCUT2D eigenvalue weighted by Gasteiger charge is 2.28. The Kier molecular flexibility index (Phi) is 3.24. The predicted octanol–water partition coefficient (Wildman–Crippen LogP) is 3.90. The van der Waals surface area contributed by atoms with Crippen molar-refractivity contribution in [3.8, 4) is 11.5 Å². The van der Waals surface area contributed by atoms with Crippen LogP contribution in [0.5, 0.6) is 11.5 Å². The highest BCUT2D eigenvalue weighted by atomic mass is 35.5. The third-order valence-electron chi connectivity index (χ3n) is 3.34. The highest BCUT2D eigenvalue weighted by Crippen LogP contribution is 2.48. The lowest BCUT2D eigenvalue weighted by atomic mass is 10.1. The van der Waals surface area contributed by atoms with Crippen molar-refractivity contribution in [2.45, 2.75) is 5.25 Å². The van der Waals surface area contributed by atoms with E-state index in [0.29, 0.717) is 22.3 Å². The number of anilines is 1. The Bertz CT molecular complexity index is 731. The van der Waals surface area contributed by atoms with E-state index in [1.807, 2.05) is 23.6 Å². The van der Waals surface area contributed by atoms with E-state index in [-0.39, 0.29) is 18.0 Å². The normalized spacial score (nSPS) is 19.9. The van der Waals surface area contributed by atoms with E-state index in [1.54, 1.807) is 23.1 Å². The van der Waals surface area contributed by atoms with E-state index < -0.39 is 0 Å². The minimum absolute atomic E-state index is 0.0222. The first-order valence-corrected chi connectivity index (χ1v) is 8.61. The zero-order valence-electron chi connectivity index (χ0n) is 10.7. The molecule has 108 valence electrons. The Hall–Kier alpha value is -1.37. The van der Waals surface area contributed by atoms with Crippen LogP contribution >= 0.6 is 34.7 Å². The molecule has 0 fully saturated rings. The van der Waals surface area contributed by atoms with Gasteiger partial charge in [-0.3, -0.25) is 4.79 Å². The van der Waals surface area contributed by atoms with Crippen LogP contribution in [0.1, 0.15) is 15.7 Å². The number of thiophene rings is 1. The summed E-state index contributed by atoms with van der Waals surface area (Å²) in [6.07, 6.45) is 0. The molecule has 1 aromatic carbocycles. The third-order valence-corrected chi connectivity index (χ3v) is 6.02. The van der Waals surface area contributed by atoms with Gasteiger partial charge in [0.05, 0.1) is 21.7 Å². The van der Waals surface area contributed by atoms with Gasteiger partial charge in [0.25, 0.3) is 0 Å². The summed E-state index contributed by atoms with van der Waals surface area (Å²) >= 11 is 9.49. The summed E-state index contributed by atoms with van der Waals surface area (Å²) in [5, 5.41) is 5.52. The maximum Gasteiger partial charge on any atom is 0.234 e. The molecule has 21 heavy (non-hydrogen) atoms. The highest BCUT2D eigenvalue weighted by molar-refractivity contribution is 8.00. The second kappa shape index (κ2) is 5.12. The topological polar surface area (TPSA) is 47.6 Å². The maximum absolute atomic E-state index is 11.8. The van der Waals surface area contributed by atoms with Crippen LogP contribution in [0, 0.1) is 0 Å².